The van der Waals surface area contributed by atoms with Crippen LogP contribution in [0.5, 0.6) is 0 Å². The van der Waals surface area contributed by atoms with Crippen molar-refractivity contribution in [1.82, 2.24) is 0 Å². The van der Waals surface area contributed by atoms with Gasteiger partial charge < -0.3 is 5.11 Å². The van der Waals surface area contributed by atoms with Crippen LogP contribution in [0.3, 0.4) is 0 Å². The van der Waals surface area contributed by atoms with Crippen molar-refractivity contribution >= 4 is 0 Å². The van der Waals surface area contributed by atoms with E-state index in [9.17, 15) is 5.11 Å². The van der Waals surface area contributed by atoms with E-state index >= 15 is 0 Å². The zero-order valence-electron chi connectivity index (χ0n) is 8.94. The Bertz CT molecular complexity index is 176. The first-order valence-electron chi connectivity index (χ1n) is 5.57. The van der Waals surface area contributed by atoms with Crippen molar-refractivity contribution in [2.45, 2.75) is 58.8 Å². The highest BCUT2D eigenvalue weighted by molar-refractivity contribution is 5.04. The van der Waals surface area contributed by atoms with Crippen LogP contribution >= 0.6 is 0 Å². The second-order valence-electron chi connectivity index (χ2n) is 4.48. The van der Waals surface area contributed by atoms with Crippen LogP contribution in [0.25, 0.3) is 0 Å². The standard InChI is InChI=1S/C12H22O/c1-3-4-8-11(13)12(2)9-6-5-7-10-12/h8,13H,3-7,9-10H2,1-2H3/p-1. The highest BCUT2D eigenvalue weighted by Gasteiger charge is 2.25. The van der Waals surface area contributed by atoms with Gasteiger partial charge in [-0.3, -0.25) is 0 Å². The number of allylic oxidation sites excluding steroid dienone is 2. The summed E-state index contributed by atoms with van der Waals surface area (Å²) in [4.78, 5) is 0. The average molecular weight is 181 g/mol. The van der Waals surface area contributed by atoms with Gasteiger partial charge in [-0.1, -0.05) is 45.6 Å². The Kier molecular flexibility index (Phi) is 3.83. The molecular formula is C12H21O-. The molecule has 0 saturated heterocycles. The first-order valence-corrected chi connectivity index (χ1v) is 5.57. The molecule has 1 heteroatoms. The van der Waals surface area contributed by atoms with Crippen molar-refractivity contribution < 1.29 is 5.11 Å². The Labute approximate surface area is 81.9 Å². The van der Waals surface area contributed by atoms with Gasteiger partial charge in [-0.25, -0.2) is 0 Å². The highest BCUT2D eigenvalue weighted by atomic mass is 16.3. The molecular weight excluding hydrogens is 160 g/mol. The quantitative estimate of drug-likeness (QED) is 0.614. The van der Waals surface area contributed by atoms with Crippen LogP contribution in [-0.2, 0) is 0 Å². The van der Waals surface area contributed by atoms with Gasteiger partial charge in [0.05, 0.1) is 0 Å². The third-order valence-corrected chi connectivity index (χ3v) is 3.17. The lowest BCUT2D eigenvalue weighted by atomic mass is 9.74. The first-order chi connectivity index (χ1) is 6.19. The Balaban J connectivity index is 2.55. The minimum atomic E-state index is -0.00653. The van der Waals surface area contributed by atoms with E-state index in [0.29, 0.717) is 5.76 Å². The van der Waals surface area contributed by atoms with Crippen LogP contribution in [0.15, 0.2) is 11.8 Å². The number of hydrogen-bond acceptors (Lipinski definition) is 1. The van der Waals surface area contributed by atoms with Crippen LogP contribution in [0.2, 0.25) is 0 Å². The molecule has 0 aromatic rings. The van der Waals surface area contributed by atoms with Crippen LogP contribution < -0.4 is 5.11 Å². The molecule has 0 amide bonds. The maximum absolute atomic E-state index is 11.8. The average Bonchev–Trinajstić information content (AvgIpc) is 2.15. The maximum atomic E-state index is 11.8. The Hall–Kier alpha value is -0.460. The summed E-state index contributed by atoms with van der Waals surface area (Å²) >= 11 is 0. The Morgan fingerprint density at radius 2 is 1.92 bits per heavy atom. The predicted octanol–water partition coefficient (Wildman–Crippen LogP) is 3.00. The van der Waals surface area contributed by atoms with Gasteiger partial charge in [-0.05, 0) is 24.7 Å². The van der Waals surface area contributed by atoms with Crippen molar-refractivity contribution in [1.29, 1.82) is 0 Å². The largest absolute Gasteiger partial charge is 0.875 e. The maximum Gasteiger partial charge on any atom is -0.0221 e. The Morgan fingerprint density at radius 3 is 2.46 bits per heavy atom. The summed E-state index contributed by atoms with van der Waals surface area (Å²) in [6.07, 6.45) is 9.95. The molecule has 0 bridgehead atoms. The molecule has 0 aromatic heterocycles. The summed E-state index contributed by atoms with van der Waals surface area (Å²) in [6.45, 7) is 4.26. The van der Waals surface area contributed by atoms with E-state index in [-0.39, 0.29) is 5.41 Å². The normalized spacial score (nSPS) is 23.1. The van der Waals surface area contributed by atoms with Gasteiger partial charge in [-0.2, -0.15) is 0 Å². The van der Waals surface area contributed by atoms with Gasteiger partial charge in [0.2, 0.25) is 0 Å². The van der Waals surface area contributed by atoms with E-state index < -0.39 is 0 Å². The lowest BCUT2D eigenvalue weighted by molar-refractivity contribution is -0.327. The molecule has 1 saturated carbocycles. The second-order valence-corrected chi connectivity index (χ2v) is 4.48. The van der Waals surface area contributed by atoms with Crippen LogP contribution in [0, 0.1) is 5.41 Å². The minimum absolute atomic E-state index is 0.00653. The van der Waals surface area contributed by atoms with E-state index in [1.807, 2.05) is 6.08 Å². The molecule has 76 valence electrons. The first kappa shape index (κ1) is 10.6. The van der Waals surface area contributed by atoms with Crippen molar-refractivity contribution in [2.75, 3.05) is 0 Å². The molecule has 0 aromatic carbocycles. The van der Waals surface area contributed by atoms with E-state index in [1.165, 1.54) is 19.3 Å². The number of hydrogen-bond donors (Lipinski definition) is 0. The fraction of sp³-hybridized carbons (Fsp3) is 0.833. The van der Waals surface area contributed by atoms with E-state index in [0.717, 1.165) is 25.7 Å². The van der Waals surface area contributed by atoms with Crippen molar-refractivity contribution in [3.05, 3.63) is 11.8 Å². The topological polar surface area (TPSA) is 23.1 Å². The molecule has 0 aliphatic heterocycles. The minimum Gasteiger partial charge on any atom is -0.875 e. The predicted molar refractivity (Wildman–Crippen MR) is 54.2 cm³/mol. The lowest BCUT2D eigenvalue weighted by Crippen LogP contribution is -2.29. The summed E-state index contributed by atoms with van der Waals surface area (Å²) in [6, 6.07) is 0. The van der Waals surface area contributed by atoms with Gasteiger partial charge in [0, 0.05) is 0 Å². The Morgan fingerprint density at radius 1 is 1.31 bits per heavy atom. The highest BCUT2D eigenvalue weighted by Crippen LogP contribution is 2.39. The summed E-state index contributed by atoms with van der Waals surface area (Å²) in [7, 11) is 0. The molecule has 1 aliphatic rings. The molecule has 1 nitrogen and oxygen atoms in total. The number of rotatable bonds is 3. The van der Waals surface area contributed by atoms with Crippen molar-refractivity contribution in [3.63, 3.8) is 0 Å². The van der Waals surface area contributed by atoms with Crippen LogP contribution in [0.1, 0.15) is 58.8 Å². The molecule has 1 rings (SSSR count). The van der Waals surface area contributed by atoms with Crippen molar-refractivity contribution in [3.8, 4) is 0 Å². The smallest absolute Gasteiger partial charge is 0.0221 e. The summed E-state index contributed by atoms with van der Waals surface area (Å²) in [5.41, 5.74) is -0.00653. The zero-order chi connectivity index (χ0) is 9.73. The molecule has 0 heterocycles. The fourth-order valence-corrected chi connectivity index (χ4v) is 2.10. The molecule has 1 aliphatic carbocycles. The van der Waals surface area contributed by atoms with Gasteiger partial charge in [0.1, 0.15) is 0 Å². The molecule has 0 radical (unpaired) electrons. The zero-order valence-corrected chi connectivity index (χ0v) is 8.94. The summed E-state index contributed by atoms with van der Waals surface area (Å²) < 4.78 is 0. The SMILES string of the molecule is CCCC=C([O-])C1(C)CCCCC1. The van der Waals surface area contributed by atoms with Crippen LogP contribution in [-0.4, -0.2) is 0 Å². The summed E-state index contributed by atoms with van der Waals surface area (Å²) in [5.74, 6) is 0.397. The van der Waals surface area contributed by atoms with Crippen molar-refractivity contribution in [2.24, 2.45) is 5.41 Å². The molecule has 13 heavy (non-hydrogen) atoms. The third-order valence-electron chi connectivity index (χ3n) is 3.17. The lowest BCUT2D eigenvalue weighted by Gasteiger charge is -2.39. The number of unbranched alkanes of at least 4 members (excludes halogenated alkanes) is 1. The molecule has 0 unspecified atom stereocenters. The third kappa shape index (κ3) is 2.75. The van der Waals surface area contributed by atoms with Gasteiger partial charge in [0.25, 0.3) is 0 Å². The molecule has 0 N–H and O–H groups in total. The second kappa shape index (κ2) is 4.69. The monoisotopic (exact) mass is 181 g/mol. The van der Waals surface area contributed by atoms with Gasteiger partial charge in [0.15, 0.2) is 0 Å². The van der Waals surface area contributed by atoms with E-state index in [1.54, 1.807) is 0 Å². The van der Waals surface area contributed by atoms with Gasteiger partial charge in [-0.15, -0.1) is 5.76 Å². The fourth-order valence-electron chi connectivity index (χ4n) is 2.10. The van der Waals surface area contributed by atoms with Gasteiger partial charge >= 0.3 is 0 Å². The van der Waals surface area contributed by atoms with E-state index in [2.05, 4.69) is 13.8 Å². The summed E-state index contributed by atoms with van der Waals surface area (Å²) in [5, 5.41) is 11.8. The molecule has 0 spiro atoms. The molecule has 0 atom stereocenters. The van der Waals surface area contributed by atoms with Crippen LogP contribution in [0.4, 0.5) is 0 Å². The van der Waals surface area contributed by atoms with E-state index in [4.69, 9.17) is 0 Å². The molecule has 1 fully saturated rings.